The van der Waals surface area contributed by atoms with Gasteiger partial charge in [-0.2, -0.15) is 0 Å². The van der Waals surface area contributed by atoms with E-state index in [1.165, 1.54) is 12.8 Å². The van der Waals surface area contributed by atoms with Crippen LogP contribution in [0, 0.1) is 0 Å². The molecule has 0 spiro atoms. The highest BCUT2D eigenvalue weighted by molar-refractivity contribution is 9.10. The summed E-state index contributed by atoms with van der Waals surface area (Å²) in [6.07, 6.45) is 6.25. The Labute approximate surface area is 86.7 Å². The van der Waals surface area contributed by atoms with Crippen LogP contribution in [0.3, 0.4) is 0 Å². The van der Waals surface area contributed by atoms with Gasteiger partial charge in [0.2, 0.25) is 0 Å². The van der Waals surface area contributed by atoms with E-state index >= 15 is 0 Å². The minimum absolute atomic E-state index is 0.143. The maximum Gasteiger partial charge on any atom is 0.0415 e. The first-order chi connectivity index (χ1) is 6.18. The van der Waals surface area contributed by atoms with E-state index in [1.807, 2.05) is 12.3 Å². The summed E-state index contributed by atoms with van der Waals surface area (Å²) >= 11 is 3.43. The smallest absolute Gasteiger partial charge is 0.0415 e. The van der Waals surface area contributed by atoms with Crippen LogP contribution in [0.15, 0.2) is 22.8 Å². The van der Waals surface area contributed by atoms with Gasteiger partial charge in [0.15, 0.2) is 0 Å². The van der Waals surface area contributed by atoms with E-state index in [1.54, 1.807) is 0 Å². The standard InChI is InChI=1S/C10H13BrN2/c11-8-2-6-13-9(7-8)1-3-10(12)4-5-10/h2,6-7H,1,3-5,12H2. The van der Waals surface area contributed by atoms with Gasteiger partial charge in [0, 0.05) is 21.9 Å². The molecular weight excluding hydrogens is 228 g/mol. The molecule has 1 saturated carbocycles. The van der Waals surface area contributed by atoms with Crippen LogP contribution < -0.4 is 5.73 Å². The van der Waals surface area contributed by atoms with Crippen molar-refractivity contribution < 1.29 is 0 Å². The lowest BCUT2D eigenvalue weighted by molar-refractivity contribution is 0.603. The van der Waals surface area contributed by atoms with Crippen molar-refractivity contribution in [3.05, 3.63) is 28.5 Å². The second-order valence-electron chi connectivity index (χ2n) is 3.83. The number of nitrogens with zero attached hydrogens (tertiary/aromatic N) is 1. The Balaban J connectivity index is 1.94. The van der Waals surface area contributed by atoms with Crippen LogP contribution in [0.2, 0.25) is 0 Å². The zero-order valence-electron chi connectivity index (χ0n) is 7.46. The first kappa shape index (κ1) is 9.16. The fourth-order valence-electron chi connectivity index (χ4n) is 1.37. The molecule has 1 aliphatic rings. The third-order valence-electron chi connectivity index (χ3n) is 2.55. The molecule has 0 amide bonds. The zero-order valence-corrected chi connectivity index (χ0v) is 9.05. The maximum atomic E-state index is 5.99. The van der Waals surface area contributed by atoms with Crippen LogP contribution >= 0.6 is 15.9 Å². The van der Waals surface area contributed by atoms with E-state index in [-0.39, 0.29) is 5.54 Å². The van der Waals surface area contributed by atoms with Gasteiger partial charge in [0.05, 0.1) is 0 Å². The highest BCUT2D eigenvalue weighted by Gasteiger charge is 2.37. The van der Waals surface area contributed by atoms with E-state index in [0.717, 1.165) is 23.0 Å². The zero-order chi connectivity index (χ0) is 9.31. The van der Waals surface area contributed by atoms with Crippen LogP contribution in [0.1, 0.15) is 25.0 Å². The number of rotatable bonds is 3. The van der Waals surface area contributed by atoms with Gasteiger partial charge in [-0.1, -0.05) is 15.9 Å². The molecule has 1 aliphatic carbocycles. The molecule has 1 fully saturated rings. The Kier molecular flexibility index (Phi) is 2.39. The van der Waals surface area contributed by atoms with Crippen molar-refractivity contribution in [2.75, 3.05) is 0 Å². The predicted molar refractivity (Wildman–Crippen MR) is 56.4 cm³/mol. The second kappa shape index (κ2) is 3.39. The number of hydrogen-bond donors (Lipinski definition) is 1. The van der Waals surface area contributed by atoms with Crippen molar-refractivity contribution in [2.24, 2.45) is 5.73 Å². The van der Waals surface area contributed by atoms with Gasteiger partial charge in [0.1, 0.15) is 0 Å². The third-order valence-corrected chi connectivity index (χ3v) is 3.04. The highest BCUT2D eigenvalue weighted by Crippen LogP contribution is 2.36. The summed E-state index contributed by atoms with van der Waals surface area (Å²) in [5, 5.41) is 0. The number of nitrogens with two attached hydrogens (primary N) is 1. The molecule has 2 rings (SSSR count). The molecule has 2 nitrogen and oxygen atoms in total. The normalized spacial score (nSPS) is 18.6. The van der Waals surface area contributed by atoms with Crippen molar-refractivity contribution in [3.63, 3.8) is 0 Å². The Bertz CT molecular complexity index is 308. The Morgan fingerprint density at radius 2 is 2.31 bits per heavy atom. The number of hydrogen-bond acceptors (Lipinski definition) is 2. The van der Waals surface area contributed by atoms with Gasteiger partial charge < -0.3 is 5.73 Å². The molecule has 0 unspecified atom stereocenters. The van der Waals surface area contributed by atoms with Crippen LogP contribution in [0.4, 0.5) is 0 Å². The molecule has 1 aromatic rings. The molecule has 13 heavy (non-hydrogen) atoms. The fourth-order valence-corrected chi connectivity index (χ4v) is 1.76. The van der Waals surface area contributed by atoms with Crippen LogP contribution in [0.5, 0.6) is 0 Å². The molecule has 0 atom stereocenters. The van der Waals surface area contributed by atoms with Crippen molar-refractivity contribution in [3.8, 4) is 0 Å². The predicted octanol–water partition coefficient (Wildman–Crippen LogP) is 2.27. The monoisotopic (exact) mass is 240 g/mol. The lowest BCUT2D eigenvalue weighted by Crippen LogP contribution is -2.22. The van der Waals surface area contributed by atoms with Crippen molar-refractivity contribution in [2.45, 2.75) is 31.2 Å². The summed E-state index contributed by atoms with van der Waals surface area (Å²) in [6.45, 7) is 0. The van der Waals surface area contributed by atoms with Gasteiger partial charge in [0.25, 0.3) is 0 Å². The van der Waals surface area contributed by atoms with Gasteiger partial charge in [-0.25, -0.2) is 0 Å². The summed E-state index contributed by atoms with van der Waals surface area (Å²) in [5.74, 6) is 0. The fraction of sp³-hybridized carbons (Fsp3) is 0.500. The van der Waals surface area contributed by atoms with Gasteiger partial charge in [-0.3, -0.25) is 4.98 Å². The molecule has 0 aliphatic heterocycles. The third kappa shape index (κ3) is 2.51. The summed E-state index contributed by atoms with van der Waals surface area (Å²) in [6, 6.07) is 4.00. The molecule has 70 valence electrons. The molecule has 0 saturated heterocycles. The molecule has 0 aromatic carbocycles. The second-order valence-corrected chi connectivity index (χ2v) is 4.74. The van der Waals surface area contributed by atoms with E-state index < -0.39 is 0 Å². The first-order valence-corrected chi connectivity index (χ1v) is 5.37. The summed E-state index contributed by atoms with van der Waals surface area (Å²) in [7, 11) is 0. The molecular formula is C10H13BrN2. The number of aromatic nitrogens is 1. The van der Waals surface area contributed by atoms with E-state index in [2.05, 4.69) is 27.0 Å². The van der Waals surface area contributed by atoms with E-state index in [0.29, 0.717) is 0 Å². The summed E-state index contributed by atoms with van der Waals surface area (Å²) in [5.41, 5.74) is 7.27. The van der Waals surface area contributed by atoms with E-state index in [4.69, 9.17) is 5.73 Å². The lowest BCUT2D eigenvalue weighted by Gasteiger charge is -2.07. The minimum atomic E-state index is 0.143. The highest BCUT2D eigenvalue weighted by atomic mass is 79.9. The van der Waals surface area contributed by atoms with Crippen LogP contribution in [0.25, 0.3) is 0 Å². The van der Waals surface area contributed by atoms with Gasteiger partial charge in [-0.05, 0) is 37.8 Å². The number of aryl methyl sites for hydroxylation is 1. The SMILES string of the molecule is NC1(CCc2cc(Br)ccn2)CC1. The average Bonchev–Trinajstić information content (AvgIpc) is 2.82. The van der Waals surface area contributed by atoms with Gasteiger partial charge in [-0.15, -0.1) is 0 Å². The molecule has 1 heterocycles. The minimum Gasteiger partial charge on any atom is -0.325 e. The molecule has 1 aromatic heterocycles. The first-order valence-electron chi connectivity index (χ1n) is 4.57. The Hall–Kier alpha value is -0.410. The topological polar surface area (TPSA) is 38.9 Å². The van der Waals surface area contributed by atoms with Crippen molar-refractivity contribution >= 4 is 15.9 Å². The average molecular weight is 241 g/mol. The Morgan fingerprint density at radius 3 is 2.92 bits per heavy atom. The summed E-state index contributed by atoms with van der Waals surface area (Å²) in [4.78, 5) is 4.28. The van der Waals surface area contributed by atoms with Crippen LogP contribution in [-0.4, -0.2) is 10.5 Å². The molecule has 0 bridgehead atoms. The number of pyridine rings is 1. The number of halogens is 1. The largest absolute Gasteiger partial charge is 0.325 e. The van der Waals surface area contributed by atoms with Crippen LogP contribution in [-0.2, 0) is 6.42 Å². The van der Waals surface area contributed by atoms with E-state index in [9.17, 15) is 0 Å². The lowest BCUT2D eigenvalue weighted by atomic mass is 10.1. The van der Waals surface area contributed by atoms with Gasteiger partial charge >= 0.3 is 0 Å². The molecule has 3 heteroatoms. The summed E-state index contributed by atoms with van der Waals surface area (Å²) < 4.78 is 1.10. The maximum absolute atomic E-state index is 5.99. The quantitative estimate of drug-likeness (QED) is 0.881. The van der Waals surface area contributed by atoms with Crippen molar-refractivity contribution in [1.29, 1.82) is 0 Å². The Morgan fingerprint density at radius 1 is 1.54 bits per heavy atom. The van der Waals surface area contributed by atoms with Crippen molar-refractivity contribution in [1.82, 2.24) is 4.98 Å². The molecule has 2 N–H and O–H groups in total. The molecule has 0 radical (unpaired) electrons.